The third-order valence-electron chi connectivity index (χ3n) is 7.05. The summed E-state index contributed by atoms with van der Waals surface area (Å²) in [5.41, 5.74) is 7.96. The average molecular weight is 469 g/mol. The first-order valence-corrected chi connectivity index (χ1v) is 12.7. The molecule has 1 aliphatic heterocycles. The molecule has 1 unspecified atom stereocenters. The van der Waals surface area contributed by atoms with Crippen LogP contribution in [0.3, 0.4) is 0 Å². The molecule has 0 saturated carbocycles. The number of hydrogen-bond donors (Lipinski definition) is 1. The number of aromatic nitrogens is 1. The van der Waals surface area contributed by atoms with Gasteiger partial charge in [-0.2, -0.15) is 0 Å². The lowest BCUT2D eigenvalue weighted by molar-refractivity contribution is 0.668. The van der Waals surface area contributed by atoms with Crippen LogP contribution >= 0.6 is 11.8 Å². The van der Waals surface area contributed by atoms with Crippen molar-refractivity contribution >= 4 is 61.2 Å². The predicted octanol–water partition coefficient (Wildman–Crippen LogP) is 8.90. The number of nitrogens with zero attached hydrogens (tertiary/aromatic N) is 1. The number of benzene rings is 5. The Labute approximate surface area is 206 Å². The zero-order valence-corrected chi connectivity index (χ0v) is 19.5. The fourth-order valence-corrected chi connectivity index (χ4v) is 6.76. The molecule has 3 nitrogen and oxygen atoms in total. The van der Waals surface area contributed by atoms with Gasteiger partial charge >= 0.3 is 0 Å². The van der Waals surface area contributed by atoms with Gasteiger partial charge in [0.05, 0.1) is 11.0 Å². The number of rotatable bonds is 2. The first-order valence-electron chi connectivity index (χ1n) is 11.8. The average Bonchev–Trinajstić information content (AvgIpc) is 3.60. The number of fused-ring (bicyclic) bond motifs is 8. The zero-order valence-electron chi connectivity index (χ0n) is 18.7. The summed E-state index contributed by atoms with van der Waals surface area (Å²) in [7, 11) is 0. The molecule has 1 N–H and O–H groups in total. The highest BCUT2D eigenvalue weighted by Gasteiger charge is 2.27. The largest absolute Gasteiger partial charge is 0.456 e. The smallest absolute Gasteiger partial charge is 0.136 e. The van der Waals surface area contributed by atoms with Crippen LogP contribution in [-0.4, -0.2) is 4.57 Å². The van der Waals surface area contributed by atoms with Gasteiger partial charge in [0.15, 0.2) is 0 Å². The SMILES string of the molecule is c1ccc2c(c1)oc1ccc3c(c12)SC(c1ccc(-n2c4ccccc4c4ccccc42)cc1)N3. The van der Waals surface area contributed by atoms with Crippen molar-refractivity contribution in [3.63, 3.8) is 0 Å². The minimum absolute atomic E-state index is 0.163. The maximum absolute atomic E-state index is 6.10. The molecule has 166 valence electrons. The lowest BCUT2D eigenvalue weighted by Crippen LogP contribution is -2.01. The number of anilines is 1. The van der Waals surface area contributed by atoms with Crippen LogP contribution in [-0.2, 0) is 0 Å². The van der Waals surface area contributed by atoms with Crippen LogP contribution in [0.1, 0.15) is 10.9 Å². The van der Waals surface area contributed by atoms with Crippen LogP contribution < -0.4 is 5.32 Å². The van der Waals surface area contributed by atoms with E-state index < -0.39 is 0 Å². The Balaban J connectivity index is 1.20. The van der Waals surface area contributed by atoms with Gasteiger partial charge in [-0.25, -0.2) is 0 Å². The second kappa shape index (κ2) is 7.17. The molecule has 0 fully saturated rings. The molecule has 0 aliphatic carbocycles. The molecule has 1 aliphatic rings. The summed E-state index contributed by atoms with van der Waals surface area (Å²) in [5, 5.41) is 8.84. The van der Waals surface area contributed by atoms with Crippen molar-refractivity contribution in [2.24, 2.45) is 0 Å². The summed E-state index contributed by atoms with van der Waals surface area (Å²) in [4.78, 5) is 1.27. The van der Waals surface area contributed by atoms with Crippen molar-refractivity contribution in [3.05, 3.63) is 115 Å². The monoisotopic (exact) mass is 468 g/mol. The van der Waals surface area contributed by atoms with Gasteiger partial charge in [0, 0.05) is 37.8 Å². The van der Waals surface area contributed by atoms with E-state index in [4.69, 9.17) is 4.42 Å². The van der Waals surface area contributed by atoms with Crippen molar-refractivity contribution in [1.82, 2.24) is 4.57 Å². The minimum Gasteiger partial charge on any atom is -0.456 e. The van der Waals surface area contributed by atoms with Crippen molar-refractivity contribution in [2.75, 3.05) is 5.32 Å². The number of nitrogens with one attached hydrogen (secondary N) is 1. The fraction of sp³-hybridized carbons (Fsp3) is 0.0323. The van der Waals surface area contributed by atoms with Crippen LogP contribution in [0.5, 0.6) is 0 Å². The van der Waals surface area contributed by atoms with Crippen LogP contribution in [0.15, 0.2) is 119 Å². The van der Waals surface area contributed by atoms with E-state index in [0.717, 1.165) is 11.2 Å². The van der Waals surface area contributed by atoms with E-state index in [2.05, 4.69) is 107 Å². The molecule has 0 saturated heterocycles. The molecule has 3 heterocycles. The molecule has 0 radical (unpaired) electrons. The first kappa shape index (κ1) is 19.2. The zero-order chi connectivity index (χ0) is 22.9. The summed E-state index contributed by atoms with van der Waals surface area (Å²) in [6, 6.07) is 38.8. The van der Waals surface area contributed by atoms with Gasteiger partial charge in [-0.15, -0.1) is 0 Å². The molecule has 8 rings (SSSR count). The third kappa shape index (κ3) is 2.74. The topological polar surface area (TPSA) is 30.1 Å². The standard InChI is InChI=1S/C31H20N2OS/c1-4-10-25-21(7-1)22-8-2-5-11-26(22)33(25)20-15-13-19(14-16-20)31-32-24-17-18-28-29(30(24)35-31)23-9-3-6-12-27(23)34-28/h1-18,31-32H. The van der Waals surface area contributed by atoms with Crippen LogP contribution in [0.2, 0.25) is 0 Å². The summed E-state index contributed by atoms with van der Waals surface area (Å²) < 4.78 is 8.46. The van der Waals surface area contributed by atoms with Gasteiger partial charge in [-0.1, -0.05) is 78.5 Å². The van der Waals surface area contributed by atoms with E-state index >= 15 is 0 Å². The lowest BCUT2D eigenvalue weighted by Gasteiger charge is -2.13. The third-order valence-corrected chi connectivity index (χ3v) is 8.34. The van der Waals surface area contributed by atoms with E-state index in [9.17, 15) is 0 Å². The Bertz CT molecular complexity index is 1860. The number of para-hydroxylation sites is 3. The van der Waals surface area contributed by atoms with E-state index in [0.29, 0.717) is 0 Å². The number of furan rings is 1. The van der Waals surface area contributed by atoms with Crippen molar-refractivity contribution in [3.8, 4) is 5.69 Å². The Morgan fingerprint density at radius 2 is 1.29 bits per heavy atom. The highest BCUT2D eigenvalue weighted by Crippen LogP contribution is 2.51. The summed E-state index contributed by atoms with van der Waals surface area (Å²) in [6.07, 6.45) is 0. The van der Waals surface area contributed by atoms with Crippen molar-refractivity contribution < 1.29 is 4.42 Å². The van der Waals surface area contributed by atoms with E-state index in [1.165, 1.54) is 54.4 Å². The Kier molecular flexibility index (Phi) is 3.93. The molecular weight excluding hydrogens is 448 g/mol. The van der Waals surface area contributed by atoms with Gasteiger partial charge in [0.2, 0.25) is 0 Å². The molecule has 5 aromatic carbocycles. The number of thioether (sulfide) groups is 1. The highest BCUT2D eigenvalue weighted by atomic mass is 32.2. The quantitative estimate of drug-likeness (QED) is 0.275. The predicted molar refractivity (Wildman–Crippen MR) is 147 cm³/mol. The van der Waals surface area contributed by atoms with E-state index in [1.54, 1.807) is 0 Å². The molecule has 1 atom stereocenters. The van der Waals surface area contributed by atoms with Crippen molar-refractivity contribution in [1.29, 1.82) is 0 Å². The fourth-order valence-electron chi connectivity index (χ4n) is 5.46. The van der Waals surface area contributed by atoms with Crippen LogP contribution in [0.25, 0.3) is 49.4 Å². The van der Waals surface area contributed by atoms with Gasteiger partial charge < -0.3 is 14.3 Å². The molecular formula is C31H20N2OS. The molecule has 4 heteroatoms. The van der Waals surface area contributed by atoms with Gasteiger partial charge in [-0.3, -0.25) is 0 Å². The van der Waals surface area contributed by atoms with Gasteiger partial charge in [0.25, 0.3) is 0 Å². The van der Waals surface area contributed by atoms with E-state index in [-0.39, 0.29) is 5.37 Å². The highest BCUT2D eigenvalue weighted by molar-refractivity contribution is 8.00. The molecule has 2 aromatic heterocycles. The maximum Gasteiger partial charge on any atom is 0.136 e. The normalized spacial score (nSPS) is 15.3. The second-order valence-corrected chi connectivity index (χ2v) is 10.1. The minimum atomic E-state index is 0.163. The molecule has 35 heavy (non-hydrogen) atoms. The Hall–Kier alpha value is -4.15. The number of hydrogen-bond acceptors (Lipinski definition) is 3. The van der Waals surface area contributed by atoms with Gasteiger partial charge in [-0.05, 0) is 48.0 Å². The second-order valence-electron chi connectivity index (χ2n) is 9.02. The van der Waals surface area contributed by atoms with Crippen LogP contribution in [0, 0.1) is 0 Å². The maximum atomic E-state index is 6.10. The Morgan fingerprint density at radius 3 is 2.03 bits per heavy atom. The van der Waals surface area contributed by atoms with E-state index in [1.807, 2.05) is 23.9 Å². The molecule has 0 bridgehead atoms. The van der Waals surface area contributed by atoms with Crippen molar-refractivity contribution in [2.45, 2.75) is 10.3 Å². The summed E-state index contributed by atoms with van der Waals surface area (Å²) in [6.45, 7) is 0. The van der Waals surface area contributed by atoms with Crippen LogP contribution in [0.4, 0.5) is 5.69 Å². The summed E-state index contributed by atoms with van der Waals surface area (Å²) >= 11 is 1.87. The molecule has 0 spiro atoms. The summed E-state index contributed by atoms with van der Waals surface area (Å²) in [5.74, 6) is 0. The van der Waals surface area contributed by atoms with Gasteiger partial charge in [0.1, 0.15) is 16.5 Å². The first-order chi connectivity index (χ1) is 17.3. The lowest BCUT2D eigenvalue weighted by atomic mass is 10.1. The molecule has 0 amide bonds. The Morgan fingerprint density at radius 1 is 0.629 bits per heavy atom. The molecule has 7 aromatic rings.